The first kappa shape index (κ1) is 20.0. The number of sulfonamides is 1. The number of aromatic nitrogens is 1. The Kier molecular flexibility index (Phi) is 5.96. The number of nitrogens with zero attached hydrogens (tertiary/aromatic N) is 3. The first-order valence-electron chi connectivity index (χ1n) is 9.14. The van der Waals surface area contributed by atoms with Crippen LogP contribution in [0.4, 0.5) is 5.13 Å². The second-order valence-corrected chi connectivity index (χ2v) is 9.77. The van der Waals surface area contributed by atoms with Gasteiger partial charge in [0.1, 0.15) is 0 Å². The molecule has 2 heterocycles. The molecule has 1 aliphatic rings. The molecular formula is C20H19ClN4O2S2. The fourth-order valence-corrected chi connectivity index (χ4v) is 5.44. The molecular weight excluding hydrogens is 428 g/mol. The van der Waals surface area contributed by atoms with Crippen LogP contribution in [0, 0.1) is 0 Å². The van der Waals surface area contributed by atoms with Crippen LogP contribution < -0.4 is 5.43 Å². The molecule has 9 heteroatoms. The normalized spacial score (nSPS) is 15.2. The minimum atomic E-state index is -3.40. The van der Waals surface area contributed by atoms with Crippen molar-refractivity contribution in [1.29, 1.82) is 0 Å². The van der Waals surface area contributed by atoms with E-state index in [0.717, 1.165) is 29.7 Å². The maximum absolute atomic E-state index is 12.6. The Bertz CT molecular complexity index is 1120. The second-order valence-electron chi connectivity index (χ2n) is 6.56. The average molecular weight is 447 g/mol. The van der Waals surface area contributed by atoms with Gasteiger partial charge in [-0.05, 0) is 31.0 Å². The van der Waals surface area contributed by atoms with Crippen molar-refractivity contribution in [3.63, 3.8) is 0 Å². The van der Waals surface area contributed by atoms with Crippen LogP contribution in [-0.2, 0) is 10.0 Å². The molecule has 0 aliphatic carbocycles. The molecule has 150 valence electrons. The third-order valence-corrected chi connectivity index (χ3v) is 7.63. The van der Waals surface area contributed by atoms with E-state index in [1.54, 1.807) is 40.9 Å². The molecule has 29 heavy (non-hydrogen) atoms. The molecule has 3 aromatic rings. The van der Waals surface area contributed by atoms with Gasteiger partial charge in [-0.15, -0.1) is 11.3 Å². The summed E-state index contributed by atoms with van der Waals surface area (Å²) in [6, 6.07) is 14.3. The molecule has 1 aromatic heterocycles. The van der Waals surface area contributed by atoms with Gasteiger partial charge in [-0.1, -0.05) is 41.9 Å². The lowest BCUT2D eigenvalue weighted by Crippen LogP contribution is -2.27. The van der Waals surface area contributed by atoms with Crippen molar-refractivity contribution in [2.24, 2.45) is 5.10 Å². The van der Waals surface area contributed by atoms with Crippen LogP contribution in [0.2, 0.25) is 5.02 Å². The van der Waals surface area contributed by atoms with Crippen molar-refractivity contribution in [2.45, 2.75) is 17.7 Å². The van der Waals surface area contributed by atoms with E-state index in [0.29, 0.717) is 28.1 Å². The quantitative estimate of drug-likeness (QED) is 0.440. The highest BCUT2D eigenvalue weighted by molar-refractivity contribution is 7.89. The Balaban J connectivity index is 1.45. The summed E-state index contributed by atoms with van der Waals surface area (Å²) in [6.07, 6.45) is 3.48. The van der Waals surface area contributed by atoms with Gasteiger partial charge in [-0.3, -0.25) is 5.43 Å². The predicted octanol–water partition coefficient (Wildman–Crippen LogP) is 4.69. The average Bonchev–Trinajstić information content (AvgIpc) is 3.42. The molecule has 0 atom stereocenters. The van der Waals surface area contributed by atoms with Gasteiger partial charge in [0.15, 0.2) is 0 Å². The van der Waals surface area contributed by atoms with Crippen molar-refractivity contribution < 1.29 is 8.42 Å². The van der Waals surface area contributed by atoms with E-state index in [4.69, 9.17) is 11.6 Å². The SMILES string of the molecule is O=S(=O)(c1ccc(-c2csc(NN=Cc3ccccc3Cl)n2)cc1)N1CCCC1. The summed E-state index contributed by atoms with van der Waals surface area (Å²) in [5.41, 5.74) is 5.32. The number of hydrazone groups is 1. The van der Waals surface area contributed by atoms with Crippen LogP contribution in [0.1, 0.15) is 18.4 Å². The molecule has 6 nitrogen and oxygen atoms in total. The second kappa shape index (κ2) is 8.62. The van der Waals surface area contributed by atoms with E-state index in [9.17, 15) is 8.42 Å². The van der Waals surface area contributed by atoms with Crippen LogP contribution >= 0.6 is 22.9 Å². The van der Waals surface area contributed by atoms with Crippen LogP contribution in [0.15, 0.2) is 63.9 Å². The van der Waals surface area contributed by atoms with Gasteiger partial charge in [-0.25, -0.2) is 13.4 Å². The molecule has 1 saturated heterocycles. The summed E-state index contributed by atoms with van der Waals surface area (Å²) in [4.78, 5) is 4.82. The van der Waals surface area contributed by atoms with Gasteiger partial charge in [0.05, 0.1) is 16.8 Å². The summed E-state index contributed by atoms with van der Waals surface area (Å²) in [5, 5.41) is 7.34. The topological polar surface area (TPSA) is 74.7 Å². The number of halogens is 1. The van der Waals surface area contributed by atoms with Gasteiger partial charge in [-0.2, -0.15) is 9.41 Å². The zero-order chi connectivity index (χ0) is 20.3. The summed E-state index contributed by atoms with van der Waals surface area (Å²) in [7, 11) is -3.40. The highest BCUT2D eigenvalue weighted by atomic mass is 35.5. The number of rotatable bonds is 6. The molecule has 1 fully saturated rings. The van der Waals surface area contributed by atoms with Crippen molar-refractivity contribution >= 4 is 44.3 Å². The summed E-state index contributed by atoms with van der Waals surface area (Å²) >= 11 is 7.52. The molecule has 0 bridgehead atoms. The van der Waals surface area contributed by atoms with E-state index in [-0.39, 0.29) is 0 Å². The zero-order valence-electron chi connectivity index (χ0n) is 15.5. The maximum atomic E-state index is 12.6. The van der Waals surface area contributed by atoms with Crippen molar-refractivity contribution in [2.75, 3.05) is 18.5 Å². The molecule has 1 aliphatic heterocycles. The van der Waals surface area contributed by atoms with E-state index >= 15 is 0 Å². The van der Waals surface area contributed by atoms with E-state index in [1.807, 2.05) is 23.6 Å². The molecule has 0 radical (unpaired) electrons. The Morgan fingerprint density at radius 3 is 2.55 bits per heavy atom. The summed E-state index contributed by atoms with van der Waals surface area (Å²) < 4.78 is 26.8. The lowest BCUT2D eigenvalue weighted by Gasteiger charge is -2.15. The number of hydrogen-bond acceptors (Lipinski definition) is 6. The minimum absolute atomic E-state index is 0.320. The fraction of sp³-hybridized carbons (Fsp3) is 0.200. The molecule has 2 aromatic carbocycles. The lowest BCUT2D eigenvalue weighted by atomic mass is 10.2. The number of benzene rings is 2. The molecule has 0 saturated carbocycles. The van der Waals surface area contributed by atoms with Crippen LogP contribution in [-0.4, -0.2) is 37.0 Å². The van der Waals surface area contributed by atoms with Gasteiger partial charge in [0, 0.05) is 34.6 Å². The van der Waals surface area contributed by atoms with Gasteiger partial charge in [0.2, 0.25) is 15.2 Å². The Labute approximate surface area is 178 Å². The third-order valence-electron chi connectivity index (χ3n) is 4.63. The molecule has 0 spiro atoms. The van der Waals surface area contributed by atoms with Crippen LogP contribution in [0.25, 0.3) is 11.3 Å². The summed E-state index contributed by atoms with van der Waals surface area (Å²) in [6.45, 7) is 1.19. The number of anilines is 1. The number of thiazole rings is 1. The Hall–Kier alpha value is -2.26. The van der Waals surface area contributed by atoms with Crippen molar-refractivity contribution in [3.05, 3.63) is 64.5 Å². The zero-order valence-corrected chi connectivity index (χ0v) is 17.8. The predicted molar refractivity (Wildman–Crippen MR) is 118 cm³/mol. The van der Waals surface area contributed by atoms with Crippen LogP contribution in [0.3, 0.4) is 0 Å². The first-order chi connectivity index (χ1) is 14.0. The van der Waals surface area contributed by atoms with Crippen molar-refractivity contribution in [1.82, 2.24) is 9.29 Å². The Morgan fingerprint density at radius 1 is 1.10 bits per heavy atom. The monoisotopic (exact) mass is 446 g/mol. The largest absolute Gasteiger partial charge is 0.253 e. The van der Waals surface area contributed by atoms with Gasteiger partial charge >= 0.3 is 0 Å². The first-order valence-corrected chi connectivity index (χ1v) is 11.8. The maximum Gasteiger partial charge on any atom is 0.243 e. The van der Waals surface area contributed by atoms with Gasteiger partial charge < -0.3 is 0 Å². The highest BCUT2D eigenvalue weighted by Crippen LogP contribution is 2.27. The van der Waals surface area contributed by atoms with E-state index in [2.05, 4.69) is 15.5 Å². The minimum Gasteiger partial charge on any atom is -0.253 e. The smallest absolute Gasteiger partial charge is 0.243 e. The fourth-order valence-electron chi connectivity index (χ4n) is 3.07. The van der Waals surface area contributed by atoms with Crippen LogP contribution in [0.5, 0.6) is 0 Å². The molecule has 0 unspecified atom stereocenters. The summed E-state index contributed by atoms with van der Waals surface area (Å²) in [5.74, 6) is 0. The number of hydrogen-bond donors (Lipinski definition) is 1. The Morgan fingerprint density at radius 2 is 1.83 bits per heavy atom. The van der Waals surface area contributed by atoms with E-state index in [1.165, 1.54) is 11.3 Å². The number of nitrogens with one attached hydrogen (secondary N) is 1. The standard InChI is InChI=1S/C20H19ClN4O2S2/c21-18-6-2-1-5-16(18)13-22-24-20-23-19(14-28-20)15-7-9-17(10-8-15)29(26,27)25-11-3-4-12-25/h1-2,5-10,13-14H,3-4,11-12H2,(H,23,24). The third kappa shape index (κ3) is 4.51. The van der Waals surface area contributed by atoms with E-state index < -0.39 is 10.0 Å². The lowest BCUT2D eigenvalue weighted by molar-refractivity contribution is 0.477. The van der Waals surface area contributed by atoms with Gasteiger partial charge in [0.25, 0.3) is 0 Å². The highest BCUT2D eigenvalue weighted by Gasteiger charge is 2.26. The van der Waals surface area contributed by atoms with Crippen molar-refractivity contribution in [3.8, 4) is 11.3 Å². The molecule has 0 amide bonds. The molecule has 1 N–H and O–H groups in total. The molecule has 4 rings (SSSR count).